The fourth-order valence-electron chi connectivity index (χ4n) is 0.655. The molecule has 0 saturated heterocycles. The van der Waals surface area contributed by atoms with Crippen LogP contribution in [0.4, 0.5) is 0 Å². The van der Waals surface area contributed by atoms with Gasteiger partial charge in [0.05, 0.1) is 7.11 Å². The standard InChI is InChI=1S/C7H7ClO2.Na/c1-10-7-3-5(8)2-6(9)4-7;/h2-4,9H,1H3;/q;+1/p-1. The first kappa shape index (κ1) is 11.1. The third-order valence-corrected chi connectivity index (χ3v) is 1.30. The van der Waals surface area contributed by atoms with E-state index in [9.17, 15) is 5.11 Å². The normalized spacial score (nSPS) is 8.55. The molecule has 4 heteroatoms. The zero-order chi connectivity index (χ0) is 7.56. The van der Waals surface area contributed by atoms with Crippen LogP contribution in [0.15, 0.2) is 18.2 Å². The Hall–Kier alpha value is 0.110. The molecule has 11 heavy (non-hydrogen) atoms. The first-order valence-corrected chi connectivity index (χ1v) is 3.12. The Morgan fingerprint density at radius 3 is 2.45 bits per heavy atom. The van der Waals surface area contributed by atoms with Gasteiger partial charge in [0.2, 0.25) is 0 Å². The third-order valence-electron chi connectivity index (χ3n) is 1.08. The van der Waals surface area contributed by atoms with Crippen molar-refractivity contribution in [1.82, 2.24) is 0 Å². The minimum Gasteiger partial charge on any atom is -0.872 e. The van der Waals surface area contributed by atoms with Crippen LogP contribution in [0.1, 0.15) is 0 Å². The molecule has 2 nitrogen and oxygen atoms in total. The van der Waals surface area contributed by atoms with Crippen LogP contribution in [0.5, 0.6) is 11.5 Å². The quantitative estimate of drug-likeness (QED) is 0.489. The van der Waals surface area contributed by atoms with Gasteiger partial charge in [0, 0.05) is 5.02 Å². The molecular formula is C7H6ClNaO2. The summed E-state index contributed by atoms with van der Waals surface area (Å²) in [6.07, 6.45) is 0. The van der Waals surface area contributed by atoms with E-state index >= 15 is 0 Å². The summed E-state index contributed by atoms with van der Waals surface area (Å²) < 4.78 is 4.79. The monoisotopic (exact) mass is 180 g/mol. The summed E-state index contributed by atoms with van der Waals surface area (Å²) in [6, 6.07) is 4.30. The fourth-order valence-corrected chi connectivity index (χ4v) is 0.870. The van der Waals surface area contributed by atoms with E-state index in [4.69, 9.17) is 16.3 Å². The maximum absolute atomic E-state index is 10.7. The Kier molecular flexibility index (Phi) is 4.93. The first-order valence-electron chi connectivity index (χ1n) is 2.74. The summed E-state index contributed by atoms with van der Waals surface area (Å²) in [4.78, 5) is 0. The molecule has 0 N–H and O–H groups in total. The summed E-state index contributed by atoms with van der Waals surface area (Å²) in [5.41, 5.74) is 0. The van der Waals surface area contributed by atoms with E-state index in [2.05, 4.69) is 0 Å². The predicted octanol–water partition coefficient (Wildman–Crippen LogP) is -1.57. The average molecular weight is 181 g/mol. The van der Waals surface area contributed by atoms with Crippen molar-refractivity contribution < 1.29 is 39.4 Å². The second-order valence-corrected chi connectivity index (χ2v) is 2.26. The Bertz CT molecular complexity index is 220. The van der Waals surface area contributed by atoms with E-state index in [-0.39, 0.29) is 35.3 Å². The Labute approximate surface area is 92.4 Å². The van der Waals surface area contributed by atoms with E-state index in [0.717, 1.165) is 0 Å². The van der Waals surface area contributed by atoms with Gasteiger partial charge in [-0.1, -0.05) is 17.7 Å². The molecule has 0 radical (unpaired) electrons. The molecule has 0 spiro atoms. The molecule has 54 valence electrons. The van der Waals surface area contributed by atoms with Gasteiger partial charge in [-0.05, 0) is 12.1 Å². The van der Waals surface area contributed by atoms with Crippen LogP contribution in [0.2, 0.25) is 5.02 Å². The molecule has 0 amide bonds. The van der Waals surface area contributed by atoms with Crippen LogP contribution in [0, 0.1) is 0 Å². The second-order valence-electron chi connectivity index (χ2n) is 1.83. The molecule has 0 saturated carbocycles. The number of halogens is 1. The number of benzene rings is 1. The zero-order valence-electron chi connectivity index (χ0n) is 6.43. The van der Waals surface area contributed by atoms with Crippen molar-refractivity contribution in [3.8, 4) is 11.5 Å². The summed E-state index contributed by atoms with van der Waals surface area (Å²) in [5.74, 6) is 0.363. The predicted molar refractivity (Wildman–Crippen MR) is 37.5 cm³/mol. The van der Waals surface area contributed by atoms with Gasteiger partial charge in [0.25, 0.3) is 0 Å². The SMILES string of the molecule is COc1cc([O-])cc(Cl)c1.[Na+]. The number of ether oxygens (including phenoxy) is 1. The summed E-state index contributed by atoms with van der Waals surface area (Å²) in [5, 5.41) is 11.1. The smallest absolute Gasteiger partial charge is 0.872 e. The molecular weight excluding hydrogens is 175 g/mol. The number of rotatable bonds is 1. The largest absolute Gasteiger partial charge is 1.00 e. The summed E-state index contributed by atoms with van der Waals surface area (Å²) >= 11 is 5.55. The molecule has 0 aliphatic heterocycles. The summed E-state index contributed by atoms with van der Waals surface area (Å²) in [6.45, 7) is 0. The van der Waals surface area contributed by atoms with Crippen molar-refractivity contribution in [2.75, 3.05) is 7.11 Å². The molecule has 0 aromatic heterocycles. The zero-order valence-corrected chi connectivity index (χ0v) is 9.18. The van der Waals surface area contributed by atoms with Crippen LogP contribution < -0.4 is 39.4 Å². The Morgan fingerprint density at radius 2 is 2.00 bits per heavy atom. The van der Waals surface area contributed by atoms with E-state index in [1.165, 1.54) is 19.2 Å². The number of methoxy groups -OCH3 is 1. The second kappa shape index (κ2) is 4.88. The molecule has 0 aliphatic carbocycles. The van der Waals surface area contributed by atoms with Crippen molar-refractivity contribution >= 4 is 11.6 Å². The van der Waals surface area contributed by atoms with Gasteiger partial charge >= 0.3 is 29.6 Å². The molecule has 1 aromatic carbocycles. The van der Waals surface area contributed by atoms with E-state index in [0.29, 0.717) is 10.8 Å². The van der Waals surface area contributed by atoms with Crippen LogP contribution >= 0.6 is 11.6 Å². The van der Waals surface area contributed by atoms with Gasteiger partial charge in [0.15, 0.2) is 0 Å². The van der Waals surface area contributed by atoms with Crippen LogP contribution in [0.3, 0.4) is 0 Å². The van der Waals surface area contributed by atoms with Crippen LogP contribution in [0.25, 0.3) is 0 Å². The van der Waals surface area contributed by atoms with Gasteiger partial charge in [0.1, 0.15) is 5.75 Å². The molecule has 0 bridgehead atoms. The van der Waals surface area contributed by atoms with Crippen molar-refractivity contribution in [1.29, 1.82) is 0 Å². The number of hydrogen-bond acceptors (Lipinski definition) is 2. The molecule has 1 rings (SSSR count). The van der Waals surface area contributed by atoms with Crippen molar-refractivity contribution in [3.63, 3.8) is 0 Å². The van der Waals surface area contributed by atoms with Gasteiger partial charge < -0.3 is 9.84 Å². The first-order chi connectivity index (χ1) is 4.72. The van der Waals surface area contributed by atoms with E-state index < -0.39 is 0 Å². The van der Waals surface area contributed by atoms with Gasteiger partial charge in [-0.15, -0.1) is 5.75 Å². The minimum atomic E-state index is -0.135. The van der Waals surface area contributed by atoms with Gasteiger partial charge in [-0.3, -0.25) is 0 Å². The Morgan fingerprint density at radius 1 is 1.36 bits per heavy atom. The van der Waals surface area contributed by atoms with Crippen molar-refractivity contribution in [2.24, 2.45) is 0 Å². The maximum Gasteiger partial charge on any atom is 1.00 e. The molecule has 0 aliphatic rings. The van der Waals surface area contributed by atoms with Crippen LogP contribution in [-0.4, -0.2) is 7.11 Å². The van der Waals surface area contributed by atoms with Crippen molar-refractivity contribution in [3.05, 3.63) is 23.2 Å². The molecule has 1 aromatic rings. The number of hydrogen-bond donors (Lipinski definition) is 0. The van der Waals surface area contributed by atoms with E-state index in [1.807, 2.05) is 0 Å². The minimum absolute atomic E-state index is 0. The van der Waals surface area contributed by atoms with Gasteiger partial charge in [-0.2, -0.15) is 0 Å². The third kappa shape index (κ3) is 3.34. The van der Waals surface area contributed by atoms with Crippen molar-refractivity contribution in [2.45, 2.75) is 0 Å². The fraction of sp³-hybridized carbons (Fsp3) is 0.143. The Balaban J connectivity index is 0.000001000. The molecule has 0 unspecified atom stereocenters. The molecule has 0 fully saturated rings. The van der Waals surface area contributed by atoms with Crippen LogP contribution in [-0.2, 0) is 0 Å². The topological polar surface area (TPSA) is 32.3 Å². The maximum atomic E-state index is 10.7. The molecule has 0 atom stereocenters. The average Bonchev–Trinajstić information content (AvgIpc) is 1.85. The van der Waals surface area contributed by atoms with Gasteiger partial charge in [-0.25, -0.2) is 0 Å². The molecule has 0 heterocycles. The summed E-state index contributed by atoms with van der Waals surface area (Å²) in [7, 11) is 1.49. The van der Waals surface area contributed by atoms with E-state index in [1.54, 1.807) is 6.07 Å².